The summed E-state index contributed by atoms with van der Waals surface area (Å²) in [7, 11) is -3.06. The molecule has 14 heavy (non-hydrogen) atoms. The summed E-state index contributed by atoms with van der Waals surface area (Å²) in [4.78, 5) is 0. The van der Waals surface area contributed by atoms with Gasteiger partial charge in [-0.05, 0) is 20.3 Å². The Morgan fingerprint density at radius 3 is 2.14 bits per heavy atom. The van der Waals surface area contributed by atoms with Gasteiger partial charge in [-0.25, -0.2) is 0 Å². The van der Waals surface area contributed by atoms with Crippen molar-refractivity contribution < 1.29 is 23.8 Å². The first-order valence-electron chi connectivity index (χ1n) is 4.75. The van der Waals surface area contributed by atoms with Crippen LogP contribution in [0.5, 0.6) is 0 Å². The lowest BCUT2D eigenvalue weighted by atomic mass is 10.3. The van der Waals surface area contributed by atoms with Gasteiger partial charge in [-0.1, -0.05) is 0 Å². The molecule has 0 aliphatic rings. The van der Waals surface area contributed by atoms with Crippen molar-refractivity contribution in [2.45, 2.75) is 26.4 Å². The maximum absolute atomic E-state index is 11.8. The highest BCUT2D eigenvalue weighted by molar-refractivity contribution is 7.53. The maximum Gasteiger partial charge on any atom is 0.330 e. The third-order valence-electron chi connectivity index (χ3n) is 1.60. The average Bonchev–Trinajstić information content (AvgIpc) is 2.15. The number of hydrogen-bond donors (Lipinski definition) is 2. The normalized spacial score (nSPS) is 14.3. The highest BCUT2D eigenvalue weighted by atomic mass is 31.2. The van der Waals surface area contributed by atoms with E-state index in [-0.39, 0.29) is 19.2 Å². The molecule has 0 saturated carbocycles. The van der Waals surface area contributed by atoms with Crippen LogP contribution in [0.4, 0.5) is 0 Å². The summed E-state index contributed by atoms with van der Waals surface area (Å²) in [5.41, 5.74) is 0. The zero-order valence-electron chi connectivity index (χ0n) is 8.68. The van der Waals surface area contributed by atoms with Gasteiger partial charge in [0.25, 0.3) is 0 Å². The van der Waals surface area contributed by atoms with E-state index in [0.29, 0.717) is 13.2 Å². The molecule has 1 atom stereocenters. The molecule has 0 fully saturated rings. The third kappa shape index (κ3) is 5.73. The Labute approximate surface area is 84.6 Å². The molecule has 5 nitrogen and oxygen atoms in total. The second kappa shape index (κ2) is 7.37. The van der Waals surface area contributed by atoms with E-state index in [1.807, 2.05) is 0 Å². The highest BCUT2D eigenvalue weighted by Crippen LogP contribution is 2.48. The number of aliphatic hydroxyl groups is 2. The van der Waals surface area contributed by atoms with Crippen LogP contribution in [-0.4, -0.2) is 42.3 Å². The van der Waals surface area contributed by atoms with Gasteiger partial charge in [-0.3, -0.25) is 4.57 Å². The fraction of sp³-hybridized carbons (Fsp3) is 1.00. The van der Waals surface area contributed by atoms with Gasteiger partial charge in [0.05, 0.1) is 32.1 Å². The fourth-order valence-electron chi connectivity index (χ4n) is 0.958. The van der Waals surface area contributed by atoms with Crippen LogP contribution in [0.25, 0.3) is 0 Å². The molecule has 0 aromatic carbocycles. The Morgan fingerprint density at radius 2 is 1.79 bits per heavy atom. The second-order valence-electron chi connectivity index (χ2n) is 2.80. The number of rotatable bonds is 8. The summed E-state index contributed by atoms with van der Waals surface area (Å²) in [6, 6.07) is 0. The van der Waals surface area contributed by atoms with E-state index in [4.69, 9.17) is 19.3 Å². The third-order valence-corrected chi connectivity index (χ3v) is 3.71. The van der Waals surface area contributed by atoms with Crippen LogP contribution in [0.15, 0.2) is 0 Å². The first-order valence-corrected chi connectivity index (χ1v) is 6.47. The van der Waals surface area contributed by atoms with Crippen molar-refractivity contribution in [3.8, 4) is 0 Å². The van der Waals surface area contributed by atoms with Gasteiger partial charge < -0.3 is 19.3 Å². The van der Waals surface area contributed by atoms with E-state index in [9.17, 15) is 4.57 Å². The molecule has 0 aromatic heterocycles. The minimum atomic E-state index is -3.06. The molecule has 0 bridgehead atoms. The Kier molecular flexibility index (Phi) is 7.41. The molecule has 0 aliphatic carbocycles. The zero-order valence-corrected chi connectivity index (χ0v) is 9.57. The van der Waals surface area contributed by atoms with Crippen molar-refractivity contribution in [1.82, 2.24) is 0 Å². The molecule has 0 radical (unpaired) electrons. The minimum absolute atomic E-state index is 0.135. The van der Waals surface area contributed by atoms with Gasteiger partial charge >= 0.3 is 7.60 Å². The predicted molar refractivity (Wildman–Crippen MR) is 53.4 cm³/mol. The van der Waals surface area contributed by atoms with E-state index < -0.39 is 13.7 Å². The van der Waals surface area contributed by atoms with Crippen LogP contribution in [-0.2, 0) is 13.6 Å². The predicted octanol–water partition coefficient (Wildman–Crippen LogP) is 0.996. The van der Waals surface area contributed by atoms with Crippen LogP contribution >= 0.6 is 7.60 Å². The topological polar surface area (TPSA) is 76.0 Å². The largest absolute Gasteiger partial charge is 0.394 e. The van der Waals surface area contributed by atoms with E-state index in [1.165, 1.54) is 0 Å². The fourth-order valence-corrected chi connectivity index (χ4v) is 2.69. The van der Waals surface area contributed by atoms with E-state index in [2.05, 4.69) is 0 Å². The van der Waals surface area contributed by atoms with Gasteiger partial charge in [0, 0.05) is 0 Å². The lowest BCUT2D eigenvalue weighted by Crippen LogP contribution is -2.14. The Bertz CT molecular complexity index is 175. The lowest BCUT2D eigenvalue weighted by Gasteiger charge is -2.17. The summed E-state index contributed by atoms with van der Waals surface area (Å²) in [5, 5.41) is 17.6. The van der Waals surface area contributed by atoms with Crippen molar-refractivity contribution in [3.05, 3.63) is 0 Å². The van der Waals surface area contributed by atoms with Crippen LogP contribution in [0.2, 0.25) is 0 Å². The molecule has 0 saturated heterocycles. The molecular formula is C8H19O5P. The van der Waals surface area contributed by atoms with Crippen molar-refractivity contribution in [2.24, 2.45) is 0 Å². The minimum Gasteiger partial charge on any atom is -0.394 e. The average molecular weight is 226 g/mol. The smallest absolute Gasteiger partial charge is 0.330 e. The van der Waals surface area contributed by atoms with E-state index in [0.717, 1.165) is 0 Å². The summed E-state index contributed by atoms with van der Waals surface area (Å²) in [6.07, 6.45) is -0.506. The SMILES string of the molecule is CCOP(=O)(CCC(O)CO)OCC. The summed E-state index contributed by atoms with van der Waals surface area (Å²) >= 11 is 0. The lowest BCUT2D eigenvalue weighted by molar-refractivity contribution is 0.0906. The zero-order chi connectivity index (χ0) is 11.0. The maximum atomic E-state index is 11.8. The van der Waals surface area contributed by atoms with E-state index >= 15 is 0 Å². The van der Waals surface area contributed by atoms with Crippen molar-refractivity contribution in [1.29, 1.82) is 0 Å². The number of aliphatic hydroxyl groups excluding tert-OH is 2. The molecular weight excluding hydrogens is 207 g/mol. The second-order valence-corrected chi connectivity index (χ2v) is 4.98. The quantitative estimate of drug-likeness (QED) is 0.604. The Balaban J connectivity index is 4.02. The monoisotopic (exact) mass is 226 g/mol. The first-order chi connectivity index (χ1) is 6.58. The molecule has 0 heterocycles. The van der Waals surface area contributed by atoms with Gasteiger partial charge in [-0.2, -0.15) is 0 Å². The van der Waals surface area contributed by atoms with E-state index in [1.54, 1.807) is 13.8 Å². The Morgan fingerprint density at radius 1 is 1.29 bits per heavy atom. The molecule has 0 aromatic rings. The summed E-state index contributed by atoms with van der Waals surface area (Å²) < 4.78 is 21.8. The molecule has 6 heteroatoms. The highest BCUT2D eigenvalue weighted by Gasteiger charge is 2.24. The van der Waals surface area contributed by atoms with Crippen molar-refractivity contribution >= 4 is 7.60 Å². The molecule has 2 N–H and O–H groups in total. The number of hydrogen-bond acceptors (Lipinski definition) is 5. The molecule has 1 unspecified atom stereocenters. The van der Waals surface area contributed by atoms with Gasteiger partial charge in [-0.15, -0.1) is 0 Å². The summed E-state index contributed by atoms with van der Waals surface area (Å²) in [5.74, 6) is 0. The van der Waals surface area contributed by atoms with Gasteiger partial charge in [0.15, 0.2) is 0 Å². The van der Waals surface area contributed by atoms with Crippen LogP contribution < -0.4 is 0 Å². The summed E-state index contributed by atoms with van der Waals surface area (Å²) in [6.45, 7) is 3.75. The van der Waals surface area contributed by atoms with Gasteiger partial charge in [0.2, 0.25) is 0 Å². The molecule has 0 rings (SSSR count). The first kappa shape index (κ1) is 14.1. The molecule has 0 aliphatic heterocycles. The van der Waals surface area contributed by atoms with Gasteiger partial charge in [0.1, 0.15) is 0 Å². The van der Waals surface area contributed by atoms with Crippen molar-refractivity contribution in [2.75, 3.05) is 26.0 Å². The van der Waals surface area contributed by atoms with Crippen LogP contribution in [0.3, 0.4) is 0 Å². The molecule has 0 amide bonds. The Hall–Kier alpha value is 0.0700. The van der Waals surface area contributed by atoms with Crippen LogP contribution in [0.1, 0.15) is 20.3 Å². The standard InChI is InChI=1S/C8H19O5P/c1-3-12-14(11,13-4-2)6-5-8(10)7-9/h8-10H,3-7H2,1-2H3. The molecule has 0 spiro atoms. The van der Waals surface area contributed by atoms with Crippen molar-refractivity contribution in [3.63, 3.8) is 0 Å². The van der Waals surface area contributed by atoms with Crippen LogP contribution in [0, 0.1) is 0 Å². The molecule has 86 valence electrons.